The van der Waals surface area contributed by atoms with Gasteiger partial charge in [-0.05, 0) is 107 Å². The Kier molecular flexibility index (Phi) is 16.5. The molecule has 0 heterocycles. The molecule has 0 heteroatoms. The third kappa shape index (κ3) is 11.4. The van der Waals surface area contributed by atoms with Gasteiger partial charge in [0.15, 0.2) is 0 Å². The van der Waals surface area contributed by atoms with Gasteiger partial charge >= 0.3 is 0 Å². The lowest BCUT2D eigenvalue weighted by molar-refractivity contribution is 0.660. The molecule has 0 N–H and O–H groups in total. The minimum absolute atomic E-state index is 0.151. The zero-order chi connectivity index (χ0) is 40.7. The van der Waals surface area contributed by atoms with Crippen molar-refractivity contribution in [3.8, 4) is 33.4 Å². The highest BCUT2D eigenvalue weighted by atomic mass is 14.4. The summed E-state index contributed by atoms with van der Waals surface area (Å²) in [4.78, 5) is 0. The first kappa shape index (κ1) is 43.5. The molecular formula is C56H66. The third-order valence-corrected chi connectivity index (χ3v) is 10.7. The number of rotatable bonds is 4. The molecule has 0 atom stereocenters. The molecule has 1 aliphatic carbocycles. The molecular weight excluding hydrogens is 673 g/mol. The number of aryl methyl sites for hydroxylation is 5. The first-order valence-corrected chi connectivity index (χ1v) is 20.8. The van der Waals surface area contributed by atoms with E-state index >= 15 is 0 Å². The fourth-order valence-corrected chi connectivity index (χ4v) is 6.84. The molecule has 0 aliphatic heterocycles. The summed E-state index contributed by atoms with van der Waals surface area (Å²) in [5.41, 5.74) is 17.7. The normalized spacial score (nSPS) is 11.6. The van der Waals surface area contributed by atoms with E-state index in [9.17, 15) is 0 Å². The van der Waals surface area contributed by atoms with E-state index in [1.807, 2.05) is 0 Å². The van der Waals surface area contributed by atoms with Crippen molar-refractivity contribution < 1.29 is 0 Å². The highest BCUT2D eigenvalue weighted by Crippen LogP contribution is 2.48. The molecule has 290 valence electrons. The number of hydrogen-bond donors (Lipinski definition) is 0. The van der Waals surface area contributed by atoms with E-state index < -0.39 is 0 Å². The minimum atomic E-state index is 0.151. The summed E-state index contributed by atoms with van der Waals surface area (Å²) in [5, 5.41) is 2.64. The Hall–Kier alpha value is -5.20. The molecule has 0 radical (unpaired) electrons. The van der Waals surface area contributed by atoms with Crippen LogP contribution >= 0.6 is 0 Å². The van der Waals surface area contributed by atoms with E-state index in [0.717, 1.165) is 0 Å². The van der Waals surface area contributed by atoms with Crippen LogP contribution in [0.5, 0.6) is 0 Å². The second kappa shape index (κ2) is 21.2. The molecule has 0 nitrogen and oxygen atoms in total. The van der Waals surface area contributed by atoms with Gasteiger partial charge < -0.3 is 0 Å². The fraction of sp³-hybridized carbons (Fsp3) is 0.286. The summed E-state index contributed by atoms with van der Waals surface area (Å²) in [6.45, 7) is 24.1. The van der Waals surface area contributed by atoms with Crippen molar-refractivity contribution in [3.63, 3.8) is 0 Å². The summed E-state index contributed by atoms with van der Waals surface area (Å²) < 4.78 is 0. The lowest BCUT2D eigenvalue weighted by atomic mass is 9.82. The topological polar surface area (TPSA) is 0 Å². The van der Waals surface area contributed by atoms with Gasteiger partial charge in [0, 0.05) is 5.41 Å². The SMILES string of the molecule is CCCC.CCCC.Cc1ccc(-c2ccc(C)c(-c3ccccc3C)c2)cc1.Cc1ccc2c(c1)C(C)(C)c1ccccc1-2.Cc1ccc2ccccc2c1. The molecule has 0 saturated heterocycles. The van der Waals surface area contributed by atoms with Crippen LogP contribution in [0.1, 0.15) is 106 Å². The molecule has 56 heavy (non-hydrogen) atoms. The largest absolute Gasteiger partial charge is 0.0654 e. The van der Waals surface area contributed by atoms with Crippen LogP contribution in [0.4, 0.5) is 0 Å². The van der Waals surface area contributed by atoms with Crippen LogP contribution in [0, 0.1) is 34.6 Å². The molecule has 7 aromatic rings. The molecule has 0 amide bonds. The highest BCUT2D eigenvalue weighted by molar-refractivity contribution is 5.83. The Morgan fingerprint density at radius 2 is 0.821 bits per heavy atom. The molecule has 0 unspecified atom stereocenters. The van der Waals surface area contributed by atoms with Crippen molar-refractivity contribution >= 4 is 10.8 Å². The van der Waals surface area contributed by atoms with Gasteiger partial charge in [0.05, 0.1) is 0 Å². The maximum absolute atomic E-state index is 2.33. The number of benzene rings is 7. The average molecular weight is 739 g/mol. The van der Waals surface area contributed by atoms with Crippen LogP contribution in [0.2, 0.25) is 0 Å². The molecule has 0 fully saturated rings. The van der Waals surface area contributed by atoms with Gasteiger partial charge in [-0.3, -0.25) is 0 Å². The van der Waals surface area contributed by atoms with Crippen LogP contribution in [-0.2, 0) is 5.41 Å². The maximum atomic E-state index is 2.33. The predicted octanol–water partition coefficient (Wildman–Crippen LogP) is 17.0. The van der Waals surface area contributed by atoms with E-state index in [2.05, 4.69) is 228 Å². The second-order valence-corrected chi connectivity index (χ2v) is 15.8. The maximum Gasteiger partial charge on any atom is 0.0158 e. The van der Waals surface area contributed by atoms with Crippen LogP contribution in [0.15, 0.2) is 152 Å². The number of hydrogen-bond acceptors (Lipinski definition) is 0. The Morgan fingerprint density at radius 1 is 0.339 bits per heavy atom. The van der Waals surface area contributed by atoms with Crippen molar-refractivity contribution in [2.75, 3.05) is 0 Å². The van der Waals surface area contributed by atoms with Gasteiger partial charge in [0.25, 0.3) is 0 Å². The third-order valence-electron chi connectivity index (χ3n) is 10.7. The predicted molar refractivity (Wildman–Crippen MR) is 250 cm³/mol. The summed E-state index contributed by atoms with van der Waals surface area (Å²) in [7, 11) is 0. The highest BCUT2D eigenvalue weighted by Gasteiger charge is 2.34. The van der Waals surface area contributed by atoms with Gasteiger partial charge in [-0.25, -0.2) is 0 Å². The lowest BCUT2D eigenvalue weighted by Gasteiger charge is -2.21. The van der Waals surface area contributed by atoms with Gasteiger partial charge in [-0.2, -0.15) is 0 Å². The smallest absolute Gasteiger partial charge is 0.0158 e. The zero-order valence-corrected chi connectivity index (χ0v) is 36.3. The fourth-order valence-electron chi connectivity index (χ4n) is 6.84. The van der Waals surface area contributed by atoms with Crippen molar-refractivity contribution in [2.24, 2.45) is 0 Å². The summed E-state index contributed by atoms with van der Waals surface area (Å²) in [5.74, 6) is 0. The second-order valence-electron chi connectivity index (χ2n) is 15.8. The summed E-state index contributed by atoms with van der Waals surface area (Å²) >= 11 is 0. The summed E-state index contributed by atoms with van der Waals surface area (Å²) in [6.07, 6.45) is 5.28. The number of fused-ring (bicyclic) bond motifs is 4. The van der Waals surface area contributed by atoms with Gasteiger partial charge in [-0.1, -0.05) is 230 Å². The summed E-state index contributed by atoms with van der Waals surface area (Å²) in [6, 6.07) is 54.5. The molecule has 0 bridgehead atoms. The van der Waals surface area contributed by atoms with E-state index in [0.29, 0.717) is 0 Å². The first-order chi connectivity index (χ1) is 26.9. The standard InChI is InChI=1S/C21H20.C16H16.C11H10.2C4H10/c1-15-8-11-18(12-9-15)19-13-10-17(3)21(14-19)20-7-5-4-6-16(20)2;1-11-8-9-13-12-6-4-5-7-14(12)16(2,3)15(13)10-11;1-9-6-7-10-4-2-3-5-11(10)8-9;2*1-3-4-2/h4-14H,1-3H3;4-10H,1-3H3;2-8H,1H3;2*3-4H2,1-2H3. The Balaban J connectivity index is 0.000000176. The van der Waals surface area contributed by atoms with Crippen LogP contribution < -0.4 is 0 Å². The van der Waals surface area contributed by atoms with Gasteiger partial charge in [-0.15, -0.1) is 0 Å². The van der Waals surface area contributed by atoms with Crippen LogP contribution in [0.3, 0.4) is 0 Å². The van der Waals surface area contributed by atoms with E-state index in [1.165, 1.54) is 109 Å². The Morgan fingerprint density at radius 3 is 1.46 bits per heavy atom. The molecule has 8 rings (SSSR count). The van der Waals surface area contributed by atoms with E-state index in [4.69, 9.17) is 0 Å². The van der Waals surface area contributed by atoms with Crippen molar-refractivity contribution in [1.82, 2.24) is 0 Å². The van der Waals surface area contributed by atoms with Crippen molar-refractivity contribution in [2.45, 2.75) is 107 Å². The van der Waals surface area contributed by atoms with E-state index in [-0.39, 0.29) is 5.41 Å². The monoisotopic (exact) mass is 739 g/mol. The molecule has 0 aromatic heterocycles. The van der Waals surface area contributed by atoms with Crippen molar-refractivity contribution in [3.05, 3.63) is 191 Å². The molecule has 7 aromatic carbocycles. The lowest BCUT2D eigenvalue weighted by Crippen LogP contribution is -2.14. The minimum Gasteiger partial charge on any atom is -0.0654 e. The molecule has 1 aliphatic rings. The van der Waals surface area contributed by atoms with Crippen LogP contribution in [0.25, 0.3) is 44.2 Å². The quantitative estimate of drug-likeness (QED) is 0.169. The van der Waals surface area contributed by atoms with Crippen molar-refractivity contribution in [1.29, 1.82) is 0 Å². The van der Waals surface area contributed by atoms with E-state index in [1.54, 1.807) is 0 Å². The molecule has 0 saturated carbocycles. The van der Waals surface area contributed by atoms with Crippen LogP contribution in [-0.4, -0.2) is 0 Å². The zero-order valence-electron chi connectivity index (χ0n) is 36.3. The van der Waals surface area contributed by atoms with Gasteiger partial charge in [0.1, 0.15) is 0 Å². The van der Waals surface area contributed by atoms with Gasteiger partial charge in [0.2, 0.25) is 0 Å². The Labute approximate surface area is 340 Å². The number of unbranched alkanes of at least 4 members (excludes halogenated alkanes) is 2. The first-order valence-electron chi connectivity index (χ1n) is 20.8. The Bertz CT molecular complexity index is 2260. The molecule has 0 spiro atoms. The average Bonchev–Trinajstić information content (AvgIpc) is 3.44.